The zero-order chi connectivity index (χ0) is 18.0. The van der Waals surface area contributed by atoms with Crippen molar-refractivity contribution in [2.75, 3.05) is 39.4 Å². The third kappa shape index (κ3) is 4.01. The number of hydrogen-bond donors (Lipinski definition) is 1. The number of carboxylic acids is 1. The number of aromatic nitrogens is 2. The summed E-state index contributed by atoms with van der Waals surface area (Å²) in [4.78, 5) is 28.0. The number of rotatable bonds is 5. The van der Waals surface area contributed by atoms with Gasteiger partial charge in [0, 0.05) is 38.3 Å². The topological polar surface area (TPSA) is 87.9 Å². The first-order valence-corrected chi connectivity index (χ1v) is 8.84. The van der Waals surface area contributed by atoms with Gasteiger partial charge in [-0.2, -0.15) is 5.10 Å². The second-order valence-electron chi connectivity index (χ2n) is 6.99. The largest absolute Gasteiger partial charge is 0.480 e. The van der Waals surface area contributed by atoms with Gasteiger partial charge in [-0.05, 0) is 13.3 Å². The number of hydrogen-bond acceptors (Lipinski definition) is 5. The van der Waals surface area contributed by atoms with Crippen LogP contribution in [0.15, 0.2) is 6.20 Å². The summed E-state index contributed by atoms with van der Waals surface area (Å²) >= 11 is 0. The van der Waals surface area contributed by atoms with E-state index in [9.17, 15) is 9.59 Å². The van der Waals surface area contributed by atoms with Gasteiger partial charge in [0.2, 0.25) is 0 Å². The molecule has 1 N–H and O–H groups in total. The molecule has 0 unspecified atom stereocenters. The molecule has 8 heteroatoms. The number of carbonyl (C=O) groups is 2. The Bertz CT molecular complexity index is 645. The molecule has 1 aromatic rings. The van der Waals surface area contributed by atoms with E-state index in [0.717, 1.165) is 18.7 Å². The molecule has 0 saturated carbocycles. The minimum Gasteiger partial charge on any atom is -0.480 e. The van der Waals surface area contributed by atoms with Crippen LogP contribution in [0.4, 0.5) is 0 Å². The van der Waals surface area contributed by atoms with Crippen LogP contribution in [-0.2, 0) is 16.1 Å². The lowest BCUT2D eigenvalue weighted by Gasteiger charge is -2.30. The second-order valence-corrected chi connectivity index (χ2v) is 6.99. The molecule has 2 bridgehead atoms. The van der Waals surface area contributed by atoms with Crippen molar-refractivity contribution >= 4 is 11.9 Å². The minimum absolute atomic E-state index is 0.00247. The van der Waals surface area contributed by atoms with Gasteiger partial charge in [-0.15, -0.1) is 0 Å². The van der Waals surface area contributed by atoms with Gasteiger partial charge in [0.15, 0.2) is 0 Å². The average Bonchev–Trinajstić information content (AvgIpc) is 2.69. The summed E-state index contributed by atoms with van der Waals surface area (Å²) in [6.07, 6.45) is 2.78. The summed E-state index contributed by atoms with van der Waals surface area (Å²) in [7, 11) is 0. The van der Waals surface area contributed by atoms with Crippen LogP contribution in [0.1, 0.15) is 29.4 Å². The Hall–Kier alpha value is -1.93. The normalized spacial score (nSPS) is 24.2. The molecule has 0 aromatic carbocycles. The van der Waals surface area contributed by atoms with Crippen molar-refractivity contribution in [3.8, 4) is 0 Å². The Labute approximate surface area is 147 Å². The smallest absolute Gasteiger partial charge is 0.317 e. The van der Waals surface area contributed by atoms with Crippen LogP contribution in [0.3, 0.4) is 0 Å². The van der Waals surface area contributed by atoms with Gasteiger partial charge in [-0.25, -0.2) is 0 Å². The maximum absolute atomic E-state index is 13.1. The average molecular weight is 350 g/mol. The number of aliphatic carboxylic acids is 1. The van der Waals surface area contributed by atoms with Crippen LogP contribution >= 0.6 is 0 Å². The quantitative estimate of drug-likeness (QED) is 0.830. The van der Waals surface area contributed by atoms with E-state index >= 15 is 0 Å². The first kappa shape index (κ1) is 17.9. The molecule has 2 aliphatic heterocycles. The Morgan fingerprint density at radius 3 is 2.84 bits per heavy atom. The third-order valence-corrected chi connectivity index (χ3v) is 4.79. The number of carbonyl (C=O) groups excluding carboxylic acids is 1. The van der Waals surface area contributed by atoms with Gasteiger partial charge in [0.25, 0.3) is 5.91 Å². The molecule has 0 radical (unpaired) electrons. The van der Waals surface area contributed by atoms with Crippen molar-refractivity contribution in [2.24, 2.45) is 5.92 Å². The molecular weight excluding hydrogens is 324 g/mol. The van der Waals surface area contributed by atoms with Crippen molar-refractivity contribution < 1.29 is 19.4 Å². The second kappa shape index (κ2) is 7.53. The van der Waals surface area contributed by atoms with Gasteiger partial charge in [0.05, 0.1) is 37.1 Å². The monoisotopic (exact) mass is 350 g/mol. The molecule has 3 heterocycles. The SMILES string of the molecule is CCCn1cc(C(=O)N2C[C@H]3COC[C@@H]2CN(CC(=O)O)C3)c(C)n1. The first-order chi connectivity index (χ1) is 12.0. The zero-order valence-electron chi connectivity index (χ0n) is 14.8. The van der Waals surface area contributed by atoms with Gasteiger partial charge in [-0.3, -0.25) is 19.2 Å². The summed E-state index contributed by atoms with van der Waals surface area (Å²) in [6.45, 7) is 7.49. The van der Waals surface area contributed by atoms with E-state index < -0.39 is 5.97 Å². The molecule has 2 atom stereocenters. The van der Waals surface area contributed by atoms with Crippen LogP contribution in [0.25, 0.3) is 0 Å². The molecule has 0 spiro atoms. The number of amides is 1. The number of carboxylic acid groups (broad SMARTS) is 1. The zero-order valence-corrected chi connectivity index (χ0v) is 14.8. The van der Waals surface area contributed by atoms with Crippen molar-refractivity contribution in [3.05, 3.63) is 17.5 Å². The fourth-order valence-corrected chi connectivity index (χ4v) is 3.74. The summed E-state index contributed by atoms with van der Waals surface area (Å²) in [5.74, 6) is -0.741. The fourth-order valence-electron chi connectivity index (χ4n) is 3.74. The maximum Gasteiger partial charge on any atom is 0.317 e. The first-order valence-electron chi connectivity index (χ1n) is 8.84. The lowest BCUT2D eigenvalue weighted by atomic mass is 10.1. The van der Waals surface area contributed by atoms with Crippen molar-refractivity contribution in [1.82, 2.24) is 19.6 Å². The minimum atomic E-state index is -0.838. The lowest BCUT2D eigenvalue weighted by molar-refractivity contribution is -0.138. The van der Waals surface area contributed by atoms with Gasteiger partial charge < -0.3 is 14.7 Å². The standard InChI is InChI=1S/C17H26N4O4/c1-3-4-20-8-15(12(2)18-20)17(24)21-6-13-5-19(9-16(22)23)7-14(21)11-25-10-13/h8,13-14H,3-7,9-11H2,1-2H3,(H,22,23)/t13-,14-/m0/s1. The predicted octanol–water partition coefficient (Wildman–Crippen LogP) is 0.459. The van der Waals surface area contributed by atoms with Crippen LogP contribution in [0, 0.1) is 12.8 Å². The van der Waals surface area contributed by atoms with E-state index in [1.807, 2.05) is 27.6 Å². The number of aryl methyl sites for hydroxylation is 2. The molecule has 25 heavy (non-hydrogen) atoms. The fraction of sp³-hybridized carbons (Fsp3) is 0.706. The van der Waals surface area contributed by atoms with E-state index in [2.05, 4.69) is 12.0 Å². The molecule has 0 aliphatic carbocycles. The van der Waals surface area contributed by atoms with Crippen molar-refractivity contribution in [3.63, 3.8) is 0 Å². The Balaban J connectivity index is 1.81. The van der Waals surface area contributed by atoms with Crippen LogP contribution < -0.4 is 0 Å². The van der Waals surface area contributed by atoms with Crippen LogP contribution in [-0.4, -0.2) is 82.0 Å². The molecule has 2 saturated heterocycles. The summed E-state index contributed by atoms with van der Waals surface area (Å²) < 4.78 is 7.54. The lowest BCUT2D eigenvalue weighted by Crippen LogP contribution is -2.47. The van der Waals surface area contributed by atoms with E-state index in [0.29, 0.717) is 38.4 Å². The summed E-state index contributed by atoms with van der Waals surface area (Å²) in [6, 6.07) is -0.131. The molecule has 1 amide bonds. The maximum atomic E-state index is 13.1. The van der Waals surface area contributed by atoms with Gasteiger partial charge in [-0.1, -0.05) is 6.92 Å². The van der Waals surface area contributed by atoms with E-state index in [1.54, 1.807) is 0 Å². The highest BCUT2D eigenvalue weighted by molar-refractivity contribution is 5.95. The number of nitrogens with zero attached hydrogens (tertiary/aromatic N) is 4. The Morgan fingerprint density at radius 1 is 1.32 bits per heavy atom. The number of ether oxygens (including phenoxy) is 1. The molecule has 8 nitrogen and oxygen atoms in total. The van der Waals surface area contributed by atoms with Crippen LogP contribution in [0.5, 0.6) is 0 Å². The van der Waals surface area contributed by atoms with Crippen LogP contribution in [0.2, 0.25) is 0 Å². The molecule has 3 rings (SSSR count). The Morgan fingerprint density at radius 2 is 2.12 bits per heavy atom. The van der Waals surface area contributed by atoms with Crippen molar-refractivity contribution in [1.29, 1.82) is 0 Å². The van der Waals surface area contributed by atoms with E-state index in [-0.39, 0.29) is 24.4 Å². The molecule has 1 aromatic heterocycles. The third-order valence-electron chi connectivity index (χ3n) is 4.79. The van der Waals surface area contributed by atoms with Gasteiger partial charge in [0.1, 0.15) is 0 Å². The molecule has 2 fully saturated rings. The number of fused-ring (bicyclic) bond motifs is 3. The summed E-state index contributed by atoms with van der Waals surface area (Å²) in [5.41, 5.74) is 1.37. The highest BCUT2D eigenvalue weighted by Gasteiger charge is 2.37. The highest BCUT2D eigenvalue weighted by Crippen LogP contribution is 2.22. The summed E-state index contributed by atoms with van der Waals surface area (Å²) in [5, 5.41) is 13.5. The van der Waals surface area contributed by atoms with Gasteiger partial charge >= 0.3 is 5.97 Å². The highest BCUT2D eigenvalue weighted by atomic mass is 16.5. The van der Waals surface area contributed by atoms with Crippen molar-refractivity contribution in [2.45, 2.75) is 32.9 Å². The Kier molecular flexibility index (Phi) is 5.39. The van der Waals surface area contributed by atoms with E-state index in [4.69, 9.17) is 9.84 Å². The predicted molar refractivity (Wildman–Crippen MR) is 90.5 cm³/mol. The molecule has 2 aliphatic rings. The molecule has 138 valence electrons. The van der Waals surface area contributed by atoms with E-state index in [1.165, 1.54) is 0 Å². The molecular formula is C17H26N4O4.